The van der Waals surface area contributed by atoms with Crippen LogP contribution < -0.4 is 5.73 Å². The Labute approximate surface area is 126 Å². The predicted octanol–water partition coefficient (Wildman–Crippen LogP) is 3.38. The third-order valence-corrected chi connectivity index (χ3v) is 4.69. The number of nitrogens with zero attached hydrogens (tertiary/aromatic N) is 1. The van der Waals surface area contributed by atoms with Gasteiger partial charge in [-0.25, -0.2) is 0 Å². The van der Waals surface area contributed by atoms with Gasteiger partial charge in [-0.05, 0) is 37.8 Å². The van der Waals surface area contributed by atoms with Crippen molar-refractivity contribution in [3.8, 4) is 0 Å². The summed E-state index contributed by atoms with van der Waals surface area (Å²) in [5, 5.41) is 0.708. The summed E-state index contributed by atoms with van der Waals surface area (Å²) in [4.78, 5) is 14.4. The molecule has 0 aliphatic heterocycles. The molecule has 1 aromatic carbocycles. The van der Waals surface area contributed by atoms with Crippen molar-refractivity contribution in [1.29, 1.82) is 0 Å². The molecular formula is C16H23ClN2O. The van der Waals surface area contributed by atoms with Gasteiger partial charge in [-0.2, -0.15) is 0 Å². The van der Waals surface area contributed by atoms with Gasteiger partial charge in [0.15, 0.2) is 0 Å². The fourth-order valence-electron chi connectivity index (χ4n) is 2.95. The summed E-state index contributed by atoms with van der Waals surface area (Å²) < 4.78 is 0. The van der Waals surface area contributed by atoms with Crippen LogP contribution in [-0.4, -0.2) is 23.9 Å². The summed E-state index contributed by atoms with van der Waals surface area (Å²) in [6.45, 7) is 2.02. The van der Waals surface area contributed by atoms with Crippen LogP contribution in [-0.2, 0) is 4.79 Å². The van der Waals surface area contributed by atoms with Crippen LogP contribution in [0, 0.1) is 5.92 Å². The summed E-state index contributed by atoms with van der Waals surface area (Å²) in [6, 6.07) is 7.84. The first-order valence-corrected chi connectivity index (χ1v) is 7.65. The maximum Gasteiger partial charge on any atom is 0.225 e. The highest BCUT2D eigenvalue weighted by atomic mass is 35.5. The molecule has 0 heterocycles. The molecule has 4 heteroatoms. The van der Waals surface area contributed by atoms with Gasteiger partial charge in [-0.3, -0.25) is 4.79 Å². The summed E-state index contributed by atoms with van der Waals surface area (Å²) in [7, 11) is 1.86. The fraction of sp³-hybridized carbons (Fsp3) is 0.562. The zero-order chi connectivity index (χ0) is 14.7. The lowest BCUT2D eigenvalue weighted by Gasteiger charge is -2.33. The molecule has 0 unspecified atom stereocenters. The Kier molecular flexibility index (Phi) is 5.06. The lowest BCUT2D eigenvalue weighted by Crippen LogP contribution is -2.39. The van der Waals surface area contributed by atoms with Crippen molar-refractivity contribution in [1.82, 2.24) is 4.90 Å². The monoisotopic (exact) mass is 294 g/mol. The van der Waals surface area contributed by atoms with Crippen LogP contribution in [0.5, 0.6) is 0 Å². The van der Waals surface area contributed by atoms with Crippen LogP contribution in [0.25, 0.3) is 0 Å². The van der Waals surface area contributed by atoms with Gasteiger partial charge in [0.1, 0.15) is 0 Å². The van der Waals surface area contributed by atoms with Gasteiger partial charge in [0, 0.05) is 24.0 Å². The van der Waals surface area contributed by atoms with Crippen LogP contribution in [0.15, 0.2) is 24.3 Å². The Balaban J connectivity index is 2.08. The van der Waals surface area contributed by atoms with Crippen molar-refractivity contribution >= 4 is 17.5 Å². The molecule has 0 radical (unpaired) electrons. The van der Waals surface area contributed by atoms with Crippen molar-refractivity contribution in [2.24, 2.45) is 11.7 Å². The Morgan fingerprint density at radius 2 is 2.10 bits per heavy atom. The number of halogens is 1. The Bertz CT molecular complexity index is 477. The third-order valence-electron chi connectivity index (χ3n) is 4.35. The van der Waals surface area contributed by atoms with E-state index in [0.29, 0.717) is 5.02 Å². The third kappa shape index (κ3) is 3.33. The summed E-state index contributed by atoms with van der Waals surface area (Å²) in [5.41, 5.74) is 6.97. The van der Waals surface area contributed by atoms with E-state index in [1.165, 1.54) is 0 Å². The number of amides is 1. The molecule has 1 fully saturated rings. The smallest absolute Gasteiger partial charge is 0.225 e. The lowest BCUT2D eigenvalue weighted by atomic mass is 9.85. The quantitative estimate of drug-likeness (QED) is 0.929. The number of benzene rings is 1. The van der Waals surface area contributed by atoms with Gasteiger partial charge in [-0.15, -0.1) is 0 Å². The summed E-state index contributed by atoms with van der Waals surface area (Å²) in [5.74, 6) is 0.251. The van der Waals surface area contributed by atoms with Gasteiger partial charge in [0.05, 0.1) is 6.04 Å². The van der Waals surface area contributed by atoms with Gasteiger partial charge >= 0.3 is 0 Å². The number of hydrogen-bond acceptors (Lipinski definition) is 2. The molecule has 2 rings (SSSR count). The Hall–Kier alpha value is -1.06. The molecule has 0 spiro atoms. The molecule has 110 valence electrons. The minimum atomic E-state index is -0.0191. The van der Waals surface area contributed by atoms with Crippen molar-refractivity contribution in [2.45, 2.75) is 44.7 Å². The number of rotatable bonds is 3. The standard InChI is InChI=1S/C16H23ClN2O/c1-11(14-8-3-4-9-15(14)17)19(2)16(20)12-6-5-7-13(18)10-12/h3-4,8-9,11-13H,5-7,10,18H2,1-2H3/t11-,12-,13-/m1/s1. The maximum absolute atomic E-state index is 12.6. The second-order valence-electron chi connectivity index (χ2n) is 5.77. The molecule has 1 aromatic rings. The average molecular weight is 295 g/mol. The van der Waals surface area contributed by atoms with E-state index >= 15 is 0 Å². The number of carbonyl (C=O) groups excluding carboxylic acids is 1. The number of hydrogen-bond donors (Lipinski definition) is 1. The number of nitrogens with two attached hydrogens (primary N) is 1. The van der Waals surface area contributed by atoms with E-state index in [1.54, 1.807) is 0 Å². The average Bonchev–Trinajstić information content (AvgIpc) is 2.45. The van der Waals surface area contributed by atoms with E-state index in [9.17, 15) is 4.79 Å². The minimum absolute atomic E-state index is 0.0191. The van der Waals surface area contributed by atoms with E-state index in [4.69, 9.17) is 17.3 Å². The van der Waals surface area contributed by atoms with Crippen LogP contribution in [0.4, 0.5) is 0 Å². The second kappa shape index (κ2) is 6.59. The van der Waals surface area contributed by atoms with Gasteiger partial charge in [-0.1, -0.05) is 36.2 Å². The van der Waals surface area contributed by atoms with Gasteiger partial charge < -0.3 is 10.6 Å². The van der Waals surface area contributed by atoms with E-state index < -0.39 is 0 Å². The molecule has 1 saturated carbocycles. The normalized spacial score (nSPS) is 24.2. The van der Waals surface area contributed by atoms with E-state index in [-0.39, 0.29) is 23.9 Å². The van der Waals surface area contributed by atoms with Crippen molar-refractivity contribution < 1.29 is 4.79 Å². The molecule has 1 aliphatic carbocycles. The SMILES string of the molecule is C[C@H](c1ccccc1Cl)N(C)C(=O)[C@@H]1CCC[C@@H](N)C1. The molecule has 0 bridgehead atoms. The van der Waals surface area contributed by atoms with Gasteiger partial charge in [0.2, 0.25) is 5.91 Å². The molecular weight excluding hydrogens is 272 g/mol. The first kappa shape index (κ1) is 15.3. The molecule has 0 aromatic heterocycles. The molecule has 1 amide bonds. The van der Waals surface area contributed by atoms with E-state index in [2.05, 4.69) is 0 Å². The molecule has 20 heavy (non-hydrogen) atoms. The Morgan fingerprint density at radius 3 is 2.75 bits per heavy atom. The second-order valence-corrected chi connectivity index (χ2v) is 6.18. The summed E-state index contributed by atoms with van der Waals surface area (Å²) in [6.07, 6.45) is 3.84. The van der Waals surface area contributed by atoms with Crippen molar-refractivity contribution in [3.63, 3.8) is 0 Å². The first-order chi connectivity index (χ1) is 9.50. The van der Waals surface area contributed by atoms with Crippen LogP contribution >= 0.6 is 11.6 Å². The van der Waals surface area contributed by atoms with Gasteiger partial charge in [0.25, 0.3) is 0 Å². The molecule has 1 aliphatic rings. The highest BCUT2D eigenvalue weighted by molar-refractivity contribution is 6.31. The van der Waals surface area contributed by atoms with E-state index in [1.807, 2.05) is 43.1 Å². The molecule has 2 N–H and O–H groups in total. The Morgan fingerprint density at radius 1 is 1.40 bits per heavy atom. The van der Waals surface area contributed by atoms with Crippen LogP contribution in [0.1, 0.15) is 44.2 Å². The molecule has 0 saturated heterocycles. The first-order valence-electron chi connectivity index (χ1n) is 7.27. The lowest BCUT2D eigenvalue weighted by molar-refractivity contribution is -0.137. The molecule has 3 nitrogen and oxygen atoms in total. The predicted molar refractivity (Wildman–Crippen MR) is 82.6 cm³/mol. The minimum Gasteiger partial charge on any atom is -0.339 e. The highest BCUT2D eigenvalue weighted by Crippen LogP contribution is 2.30. The highest BCUT2D eigenvalue weighted by Gasteiger charge is 2.30. The largest absolute Gasteiger partial charge is 0.339 e. The topological polar surface area (TPSA) is 46.3 Å². The van der Waals surface area contributed by atoms with E-state index in [0.717, 1.165) is 31.2 Å². The van der Waals surface area contributed by atoms with Crippen LogP contribution in [0.2, 0.25) is 5.02 Å². The zero-order valence-electron chi connectivity index (χ0n) is 12.2. The maximum atomic E-state index is 12.6. The molecule has 3 atom stereocenters. The fourth-order valence-corrected chi connectivity index (χ4v) is 3.25. The van der Waals surface area contributed by atoms with Crippen LogP contribution in [0.3, 0.4) is 0 Å². The zero-order valence-corrected chi connectivity index (χ0v) is 12.9. The summed E-state index contributed by atoms with van der Waals surface area (Å²) >= 11 is 6.22. The number of carbonyl (C=O) groups is 1. The van der Waals surface area contributed by atoms with Crippen molar-refractivity contribution in [3.05, 3.63) is 34.9 Å². The van der Waals surface area contributed by atoms with Crippen molar-refractivity contribution in [2.75, 3.05) is 7.05 Å².